The summed E-state index contributed by atoms with van der Waals surface area (Å²) in [5.74, 6) is -1.18. The largest absolute Gasteiger partial charge is 0.481 e. The van der Waals surface area contributed by atoms with Crippen LogP contribution in [0.2, 0.25) is 0 Å². The summed E-state index contributed by atoms with van der Waals surface area (Å²) in [5.41, 5.74) is 7.55. The normalized spacial score (nSPS) is 12.2. The highest BCUT2D eigenvalue weighted by atomic mass is 16.4. The van der Waals surface area contributed by atoms with E-state index in [-0.39, 0.29) is 24.8 Å². The van der Waals surface area contributed by atoms with Crippen LogP contribution in [0, 0.1) is 12.8 Å². The van der Waals surface area contributed by atoms with E-state index in [2.05, 4.69) is 0 Å². The van der Waals surface area contributed by atoms with Crippen molar-refractivity contribution in [2.24, 2.45) is 11.7 Å². The Hall–Kier alpha value is -1.88. The van der Waals surface area contributed by atoms with E-state index in [1.54, 1.807) is 0 Å². The molecular formula is C15H22N2O3. The Morgan fingerprint density at radius 3 is 2.40 bits per heavy atom. The predicted molar refractivity (Wildman–Crippen MR) is 78.6 cm³/mol. The molecular weight excluding hydrogens is 256 g/mol. The van der Waals surface area contributed by atoms with Crippen molar-refractivity contribution in [3.8, 4) is 0 Å². The van der Waals surface area contributed by atoms with Gasteiger partial charge in [-0.15, -0.1) is 0 Å². The minimum Gasteiger partial charge on any atom is -0.481 e. The van der Waals surface area contributed by atoms with Crippen LogP contribution < -0.4 is 10.6 Å². The molecule has 0 aliphatic heterocycles. The van der Waals surface area contributed by atoms with Gasteiger partial charge in [0, 0.05) is 12.2 Å². The van der Waals surface area contributed by atoms with Crippen LogP contribution in [0.5, 0.6) is 0 Å². The fraction of sp³-hybridized carbons (Fsp3) is 0.467. The number of anilines is 1. The fourth-order valence-electron chi connectivity index (χ4n) is 1.89. The maximum atomic E-state index is 12.5. The van der Waals surface area contributed by atoms with Gasteiger partial charge in [0.2, 0.25) is 5.91 Å². The molecule has 5 nitrogen and oxygen atoms in total. The van der Waals surface area contributed by atoms with E-state index in [1.165, 1.54) is 4.90 Å². The number of benzene rings is 1. The summed E-state index contributed by atoms with van der Waals surface area (Å²) in [6.07, 6.45) is -0.106. The number of nitrogens with zero attached hydrogens (tertiary/aromatic N) is 1. The van der Waals surface area contributed by atoms with E-state index < -0.39 is 12.0 Å². The standard InChI is InChI=1S/C15H22N2O3/c1-10(2)14(16)15(20)17(9-8-13(18)19)12-7-5-4-6-11(12)3/h4-7,10,14H,8-9,16H2,1-3H3,(H,18,19). The van der Waals surface area contributed by atoms with E-state index in [0.29, 0.717) is 0 Å². The van der Waals surface area contributed by atoms with Gasteiger partial charge >= 0.3 is 5.97 Å². The highest BCUT2D eigenvalue weighted by Crippen LogP contribution is 2.21. The van der Waals surface area contributed by atoms with Crippen molar-refractivity contribution in [3.05, 3.63) is 29.8 Å². The molecule has 0 bridgehead atoms. The molecule has 0 aromatic heterocycles. The number of hydrogen-bond acceptors (Lipinski definition) is 3. The highest BCUT2D eigenvalue weighted by Gasteiger charge is 2.25. The molecule has 1 unspecified atom stereocenters. The number of carboxylic acids is 1. The zero-order valence-electron chi connectivity index (χ0n) is 12.2. The van der Waals surface area contributed by atoms with E-state index in [4.69, 9.17) is 10.8 Å². The molecule has 1 aromatic rings. The van der Waals surface area contributed by atoms with Gasteiger partial charge in [0.1, 0.15) is 0 Å². The first kappa shape index (κ1) is 16.2. The first-order valence-electron chi connectivity index (χ1n) is 6.69. The van der Waals surface area contributed by atoms with Crippen molar-refractivity contribution in [2.45, 2.75) is 33.2 Å². The number of hydrogen-bond donors (Lipinski definition) is 2. The summed E-state index contributed by atoms with van der Waals surface area (Å²) in [5, 5.41) is 8.84. The van der Waals surface area contributed by atoms with E-state index in [1.807, 2.05) is 45.0 Å². The first-order valence-corrected chi connectivity index (χ1v) is 6.69. The second-order valence-corrected chi connectivity index (χ2v) is 5.19. The van der Waals surface area contributed by atoms with Gasteiger partial charge in [-0.2, -0.15) is 0 Å². The van der Waals surface area contributed by atoms with Crippen LogP contribution >= 0.6 is 0 Å². The molecule has 3 N–H and O–H groups in total. The molecule has 1 atom stereocenters. The Morgan fingerprint density at radius 2 is 1.90 bits per heavy atom. The summed E-state index contributed by atoms with van der Waals surface area (Å²) in [6, 6.07) is 6.76. The minimum absolute atomic E-state index is 0.00107. The molecule has 1 amide bonds. The average Bonchev–Trinajstić information content (AvgIpc) is 2.39. The van der Waals surface area contributed by atoms with E-state index >= 15 is 0 Å². The van der Waals surface area contributed by atoms with Gasteiger partial charge in [-0.25, -0.2) is 0 Å². The van der Waals surface area contributed by atoms with Crippen molar-refractivity contribution < 1.29 is 14.7 Å². The highest BCUT2D eigenvalue weighted by molar-refractivity contribution is 5.98. The molecule has 0 radical (unpaired) electrons. The molecule has 5 heteroatoms. The Labute approximate surface area is 119 Å². The molecule has 0 saturated carbocycles. The lowest BCUT2D eigenvalue weighted by Crippen LogP contribution is -2.47. The molecule has 1 aromatic carbocycles. The summed E-state index contributed by atoms with van der Waals surface area (Å²) in [7, 11) is 0. The number of carbonyl (C=O) groups excluding carboxylic acids is 1. The van der Waals surface area contributed by atoms with Gasteiger partial charge in [0.25, 0.3) is 0 Å². The Balaban J connectivity index is 3.05. The Bertz CT molecular complexity index is 486. The third kappa shape index (κ3) is 4.06. The van der Waals surface area contributed by atoms with Gasteiger partial charge in [0.05, 0.1) is 12.5 Å². The van der Waals surface area contributed by atoms with Crippen molar-refractivity contribution in [1.29, 1.82) is 0 Å². The summed E-state index contributed by atoms with van der Waals surface area (Å²) in [6.45, 7) is 5.75. The quantitative estimate of drug-likeness (QED) is 0.831. The summed E-state index contributed by atoms with van der Waals surface area (Å²) < 4.78 is 0. The topological polar surface area (TPSA) is 83.6 Å². The van der Waals surface area contributed by atoms with Gasteiger partial charge in [0.15, 0.2) is 0 Å². The maximum Gasteiger partial charge on any atom is 0.305 e. The van der Waals surface area contributed by atoms with Gasteiger partial charge < -0.3 is 15.7 Å². The zero-order valence-corrected chi connectivity index (χ0v) is 12.2. The zero-order chi connectivity index (χ0) is 15.3. The Kier molecular flexibility index (Phi) is 5.70. The third-order valence-electron chi connectivity index (χ3n) is 3.22. The van der Waals surface area contributed by atoms with E-state index in [9.17, 15) is 9.59 Å². The number of amides is 1. The minimum atomic E-state index is -0.936. The Morgan fingerprint density at radius 1 is 1.30 bits per heavy atom. The second-order valence-electron chi connectivity index (χ2n) is 5.19. The smallest absolute Gasteiger partial charge is 0.305 e. The molecule has 0 heterocycles. The molecule has 20 heavy (non-hydrogen) atoms. The van der Waals surface area contributed by atoms with Crippen molar-refractivity contribution in [3.63, 3.8) is 0 Å². The molecule has 0 aliphatic rings. The number of aliphatic carboxylic acids is 1. The lowest BCUT2D eigenvalue weighted by molar-refractivity contribution is -0.136. The number of carbonyl (C=O) groups is 2. The molecule has 1 rings (SSSR count). The SMILES string of the molecule is Cc1ccccc1N(CCC(=O)O)C(=O)C(N)C(C)C. The van der Waals surface area contributed by atoms with Crippen LogP contribution in [0.1, 0.15) is 25.8 Å². The average molecular weight is 278 g/mol. The van der Waals surface area contributed by atoms with Crippen molar-refractivity contribution in [1.82, 2.24) is 0 Å². The molecule has 0 saturated heterocycles. The number of aryl methyl sites for hydroxylation is 1. The molecule has 0 aliphatic carbocycles. The van der Waals surface area contributed by atoms with Gasteiger partial charge in [-0.3, -0.25) is 9.59 Å². The van der Waals surface area contributed by atoms with Crippen LogP contribution in [0.4, 0.5) is 5.69 Å². The lowest BCUT2D eigenvalue weighted by atomic mass is 10.0. The van der Waals surface area contributed by atoms with Crippen LogP contribution in [0.25, 0.3) is 0 Å². The van der Waals surface area contributed by atoms with Crippen LogP contribution in [-0.4, -0.2) is 29.6 Å². The van der Waals surface area contributed by atoms with Gasteiger partial charge in [-0.05, 0) is 24.5 Å². The second kappa shape index (κ2) is 7.05. The predicted octanol–water partition coefficient (Wildman–Crippen LogP) is 1.79. The number of carboxylic acid groups (broad SMARTS) is 1. The van der Waals surface area contributed by atoms with Crippen LogP contribution in [0.15, 0.2) is 24.3 Å². The third-order valence-corrected chi connectivity index (χ3v) is 3.22. The fourth-order valence-corrected chi connectivity index (χ4v) is 1.89. The van der Waals surface area contributed by atoms with Gasteiger partial charge in [-0.1, -0.05) is 32.0 Å². The number of rotatable bonds is 6. The molecule has 0 spiro atoms. The summed E-state index contributed by atoms with van der Waals surface area (Å²) in [4.78, 5) is 24.7. The van der Waals surface area contributed by atoms with Crippen molar-refractivity contribution >= 4 is 17.6 Å². The first-order chi connectivity index (χ1) is 9.34. The molecule has 0 fully saturated rings. The lowest BCUT2D eigenvalue weighted by Gasteiger charge is -2.28. The monoisotopic (exact) mass is 278 g/mol. The van der Waals surface area contributed by atoms with Crippen molar-refractivity contribution in [2.75, 3.05) is 11.4 Å². The number of nitrogens with two attached hydrogens (primary N) is 1. The van der Waals surface area contributed by atoms with Crippen LogP contribution in [-0.2, 0) is 9.59 Å². The maximum absolute atomic E-state index is 12.5. The van der Waals surface area contributed by atoms with E-state index in [0.717, 1.165) is 11.3 Å². The molecule has 110 valence electrons. The van der Waals surface area contributed by atoms with Crippen LogP contribution in [0.3, 0.4) is 0 Å². The summed E-state index contributed by atoms with van der Waals surface area (Å²) >= 11 is 0. The number of para-hydroxylation sites is 1.